The SMILES string of the molecule is COCc1cc(C(=O)N2CCOC(CC(=O)O)C2)ccc1F. The molecule has 1 aromatic carbocycles. The molecule has 1 fully saturated rings. The number of methoxy groups -OCH3 is 1. The molecule has 0 spiro atoms. The molecule has 0 saturated carbocycles. The van der Waals surface area contributed by atoms with Crippen LogP contribution in [0.25, 0.3) is 0 Å². The van der Waals surface area contributed by atoms with Crippen LogP contribution in [-0.4, -0.2) is 54.8 Å². The molecule has 1 N–H and O–H groups in total. The lowest BCUT2D eigenvalue weighted by molar-refractivity contribution is -0.141. The van der Waals surface area contributed by atoms with Gasteiger partial charge in [0, 0.05) is 31.3 Å². The van der Waals surface area contributed by atoms with Crippen LogP contribution in [0.1, 0.15) is 22.3 Å². The summed E-state index contributed by atoms with van der Waals surface area (Å²) in [6, 6.07) is 4.11. The number of halogens is 1. The Kier molecular flexibility index (Phi) is 5.46. The van der Waals surface area contributed by atoms with Crippen molar-refractivity contribution in [2.24, 2.45) is 0 Å². The van der Waals surface area contributed by atoms with E-state index in [1.165, 1.54) is 30.2 Å². The van der Waals surface area contributed by atoms with Gasteiger partial charge in [0.05, 0.1) is 25.7 Å². The minimum atomic E-state index is -0.969. The van der Waals surface area contributed by atoms with Gasteiger partial charge in [0.25, 0.3) is 5.91 Å². The molecular formula is C15H18FNO5. The van der Waals surface area contributed by atoms with E-state index >= 15 is 0 Å². The average Bonchev–Trinajstić information content (AvgIpc) is 2.48. The number of carboxylic acid groups (broad SMARTS) is 1. The number of carbonyl (C=O) groups excluding carboxylic acids is 1. The number of amides is 1. The van der Waals surface area contributed by atoms with Crippen LogP contribution < -0.4 is 0 Å². The Morgan fingerprint density at radius 1 is 1.50 bits per heavy atom. The maximum Gasteiger partial charge on any atom is 0.306 e. The zero-order valence-electron chi connectivity index (χ0n) is 12.3. The lowest BCUT2D eigenvalue weighted by Crippen LogP contribution is -2.46. The van der Waals surface area contributed by atoms with Gasteiger partial charge in [0.15, 0.2) is 0 Å². The van der Waals surface area contributed by atoms with Crippen molar-refractivity contribution in [3.63, 3.8) is 0 Å². The predicted molar refractivity (Wildman–Crippen MR) is 75.0 cm³/mol. The lowest BCUT2D eigenvalue weighted by Gasteiger charge is -2.32. The Morgan fingerprint density at radius 3 is 2.95 bits per heavy atom. The summed E-state index contributed by atoms with van der Waals surface area (Å²) < 4.78 is 23.8. The first-order valence-electron chi connectivity index (χ1n) is 6.91. The monoisotopic (exact) mass is 311 g/mol. The second-order valence-electron chi connectivity index (χ2n) is 5.08. The first-order valence-corrected chi connectivity index (χ1v) is 6.91. The molecule has 7 heteroatoms. The van der Waals surface area contributed by atoms with Crippen LogP contribution in [0.2, 0.25) is 0 Å². The van der Waals surface area contributed by atoms with Crippen molar-refractivity contribution in [1.82, 2.24) is 4.90 Å². The van der Waals surface area contributed by atoms with Crippen molar-refractivity contribution < 1.29 is 28.6 Å². The number of rotatable bonds is 5. The summed E-state index contributed by atoms with van der Waals surface area (Å²) >= 11 is 0. The molecule has 1 aliphatic heterocycles. The number of benzene rings is 1. The number of carboxylic acids is 1. The van der Waals surface area contributed by atoms with Gasteiger partial charge < -0.3 is 19.5 Å². The Morgan fingerprint density at radius 2 is 2.27 bits per heavy atom. The third-order valence-electron chi connectivity index (χ3n) is 3.42. The number of carbonyl (C=O) groups is 2. The highest BCUT2D eigenvalue weighted by atomic mass is 19.1. The molecule has 0 bridgehead atoms. The van der Waals surface area contributed by atoms with Gasteiger partial charge in [0.2, 0.25) is 0 Å². The first-order chi connectivity index (χ1) is 10.5. The van der Waals surface area contributed by atoms with E-state index in [0.717, 1.165) is 0 Å². The second-order valence-corrected chi connectivity index (χ2v) is 5.08. The molecule has 0 aromatic heterocycles. The van der Waals surface area contributed by atoms with E-state index in [1.54, 1.807) is 0 Å². The van der Waals surface area contributed by atoms with Gasteiger partial charge in [-0.1, -0.05) is 0 Å². The van der Waals surface area contributed by atoms with E-state index in [9.17, 15) is 14.0 Å². The first kappa shape index (κ1) is 16.4. The molecule has 22 heavy (non-hydrogen) atoms. The van der Waals surface area contributed by atoms with Gasteiger partial charge in [-0.3, -0.25) is 9.59 Å². The third-order valence-corrected chi connectivity index (χ3v) is 3.42. The van der Waals surface area contributed by atoms with Gasteiger partial charge in [-0.25, -0.2) is 4.39 Å². The zero-order valence-corrected chi connectivity index (χ0v) is 12.3. The van der Waals surface area contributed by atoms with Crippen LogP contribution in [0, 0.1) is 5.82 Å². The smallest absolute Gasteiger partial charge is 0.306 e. The third kappa shape index (κ3) is 4.02. The maximum absolute atomic E-state index is 13.6. The Bertz CT molecular complexity index is 563. The van der Waals surface area contributed by atoms with Crippen LogP contribution >= 0.6 is 0 Å². The van der Waals surface area contributed by atoms with Crippen LogP contribution in [-0.2, 0) is 20.9 Å². The van der Waals surface area contributed by atoms with E-state index in [2.05, 4.69) is 0 Å². The molecule has 1 amide bonds. The quantitative estimate of drug-likeness (QED) is 0.887. The van der Waals surface area contributed by atoms with E-state index in [1.807, 2.05) is 0 Å². The van der Waals surface area contributed by atoms with Crippen molar-refractivity contribution >= 4 is 11.9 Å². The highest BCUT2D eigenvalue weighted by Crippen LogP contribution is 2.16. The van der Waals surface area contributed by atoms with Crippen molar-refractivity contribution in [1.29, 1.82) is 0 Å². The van der Waals surface area contributed by atoms with Gasteiger partial charge in [-0.15, -0.1) is 0 Å². The predicted octanol–water partition coefficient (Wildman–Crippen LogP) is 1.29. The van der Waals surface area contributed by atoms with E-state index in [0.29, 0.717) is 17.7 Å². The molecule has 2 rings (SSSR count). The minimum Gasteiger partial charge on any atom is -0.481 e. The molecule has 1 atom stereocenters. The second kappa shape index (κ2) is 7.33. The fraction of sp³-hybridized carbons (Fsp3) is 0.467. The number of nitrogens with zero attached hydrogens (tertiary/aromatic N) is 1. The molecule has 1 aromatic rings. The minimum absolute atomic E-state index is 0.0811. The Hall–Kier alpha value is -1.99. The molecule has 1 heterocycles. The number of hydrogen-bond donors (Lipinski definition) is 1. The van der Waals surface area contributed by atoms with Gasteiger partial charge in [-0.2, -0.15) is 0 Å². The summed E-state index contributed by atoms with van der Waals surface area (Å²) in [7, 11) is 1.45. The highest BCUT2D eigenvalue weighted by Gasteiger charge is 2.26. The number of ether oxygens (including phenoxy) is 2. The van der Waals surface area contributed by atoms with E-state index in [-0.39, 0.29) is 32.1 Å². The van der Waals surface area contributed by atoms with Crippen LogP contribution in [0.4, 0.5) is 4.39 Å². The van der Waals surface area contributed by atoms with Crippen LogP contribution in [0.3, 0.4) is 0 Å². The fourth-order valence-corrected chi connectivity index (χ4v) is 2.38. The van der Waals surface area contributed by atoms with Crippen LogP contribution in [0.15, 0.2) is 18.2 Å². The molecule has 1 aliphatic rings. The van der Waals surface area contributed by atoms with Crippen molar-refractivity contribution in [3.05, 3.63) is 35.1 Å². The topological polar surface area (TPSA) is 76.1 Å². The summed E-state index contributed by atoms with van der Waals surface area (Å²) in [4.78, 5) is 24.7. The number of morpholine rings is 1. The van der Waals surface area contributed by atoms with Crippen molar-refractivity contribution in [3.8, 4) is 0 Å². The zero-order chi connectivity index (χ0) is 16.1. The number of aliphatic carboxylic acids is 1. The Labute approximate surface area is 127 Å². The highest BCUT2D eigenvalue weighted by molar-refractivity contribution is 5.94. The molecule has 120 valence electrons. The van der Waals surface area contributed by atoms with Crippen molar-refractivity contribution in [2.45, 2.75) is 19.1 Å². The summed E-state index contributed by atoms with van der Waals surface area (Å²) in [6.45, 7) is 0.960. The molecule has 0 radical (unpaired) electrons. The summed E-state index contributed by atoms with van der Waals surface area (Å²) in [5.41, 5.74) is 0.660. The summed E-state index contributed by atoms with van der Waals surface area (Å²) in [6.07, 6.45) is -0.670. The number of hydrogen-bond acceptors (Lipinski definition) is 4. The fourth-order valence-electron chi connectivity index (χ4n) is 2.38. The largest absolute Gasteiger partial charge is 0.481 e. The molecular weight excluding hydrogens is 293 g/mol. The lowest BCUT2D eigenvalue weighted by atomic mass is 10.1. The van der Waals surface area contributed by atoms with E-state index in [4.69, 9.17) is 14.6 Å². The van der Waals surface area contributed by atoms with Crippen molar-refractivity contribution in [2.75, 3.05) is 26.8 Å². The molecule has 0 aliphatic carbocycles. The van der Waals surface area contributed by atoms with Gasteiger partial charge in [0.1, 0.15) is 5.82 Å². The standard InChI is InChI=1S/C15H18FNO5/c1-21-9-11-6-10(2-3-13(11)16)15(20)17-4-5-22-12(8-17)7-14(18)19/h2-3,6,12H,4-5,7-9H2,1H3,(H,18,19). The molecule has 1 saturated heterocycles. The Balaban J connectivity index is 2.10. The molecule has 1 unspecified atom stereocenters. The normalized spacial score (nSPS) is 18.3. The maximum atomic E-state index is 13.6. The van der Waals surface area contributed by atoms with Gasteiger partial charge >= 0.3 is 5.97 Å². The summed E-state index contributed by atoms with van der Waals surface area (Å²) in [5, 5.41) is 8.79. The summed E-state index contributed by atoms with van der Waals surface area (Å²) in [5.74, 6) is -1.66. The molecule has 6 nitrogen and oxygen atoms in total. The van der Waals surface area contributed by atoms with Crippen LogP contribution in [0.5, 0.6) is 0 Å². The van der Waals surface area contributed by atoms with Gasteiger partial charge in [-0.05, 0) is 18.2 Å². The van der Waals surface area contributed by atoms with E-state index < -0.39 is 17.9 Å². The average molecular weight is 311 g/mol.